The molecule has 0 spiro atoms. The third-order valence-electron chi connectivity index (χ3n) is 5.90. The highest BCUT2D eigenvalue weighted by Gasteiger charge is 2.17. The molecule has 4 N–H and O–H groups in total. The maximum Gasteiger partial charge on any atom is 0.229 e. The second kappa shape index (κ2) is 10.0. The molecule has 0 atom stereocenters. The van der Waals surface area contributed by atoms with Gasteiger partial charge < -0.3 is 30.6 Å². The Hall–Kier alpha value is -3.76. The van der Waals surface area contributed by atoms with Crippen molar-refractivity contribution in [2.45, 2.75) is 6.42 Å². The van der Waals surface area contributed by atoms with Crippen LogP contribution in [0.5, 0.6) is 0 Å². The van der Waals surface area contributed by atoms with E-state index >= 15 is 0 Å². The summed E-state index contributed by atoms with van der Waals surface area (Å²) in [5.41, 5.74) is 6.05. The molecule has 0 amide bonds. The van der Waals surface area contributed by atoms with E-state index in [1.807, 2.05) is 19.2 Å². The minimum Gasteiger partial charge on any atom is -0.384 e. The molecule has 10 nitrogen and oxygen atoms in total. The molecular formula is C24H29N9O. The molecule has 0 saturated carbocycles. The van der Waals surface area contributed by atoms with E-state index in [-0.39, 0.29) is 0 Å². The van der Waals surface area contributed by atoms with Crippen LogP contribution in [0, 0.1) is 0 Å². The van der Waals surface area contributed by atoms with Gasteiger partial charge in [-0.1, -0.05) is 0 Å². The van der Waals surface area contributed by atoms with Crippen molar-refractivity contribution in [3.63, 3.8) is 0 Å². The number of fused-ring (bicyclic) bond motifs is 1. The summed E-state index contributed by atoms with van der Waals surface area (Å²) >= 11 is 0. The van der Waals surface area contributed by atoms with Gasteiger partial charge in [-0.25, -0.2) is 15.0 Å². The Kier molecular flexibility index (Phi) is 6.50. The fourth-order valence-electron chi connectivity index (χ4n) is 4.12. The lowest BCUT2D eigenvalue weighted by Crippen LogP contribution is -2.43. The van der Waals surface area contributed by atoms with Gasteiger partial charge in [-0.05, 0) is 36.4 Å². The van der Waals surface area contributed by atoms with Crippen LogP contribution in [0.25, 0.3) is 22.4 Å². The molecule has 1 aromatic carbocycles. The van der Waals surface area contributed by atoms with E-state index in [1.165, 1.54) is 5.69 Å². The van der Waals surface area contributed by atoms with E-state index in [2.05, 4.69) is 60.1 Å². The van der Waals surface area contributed by atoms with Gasteiger partial charge in [0, 0.05) is 69.4 Å². The maximum atomic E-state index is 5.19. The Morgan fingerprint density at radius 2 is 1.85 bits per heavy atom. The molecule has 3 aromatic heterocycles. The summed E-state index contributed by atoms with van der Waals surface area (Å²) in [6, 6.07) is 12.4. The highest BCUT2D eigenvalue weighted by molar-refractivity contribution is 5.91. The number of benzene rings is 1. The number of methoxy groups -OCH3 is 1. The number of hydrogen-bond acceptors (Lipinski definition) is 9. The topological polar surface area (TPSA) is 116 Å². The summed E-state index contributed by atoms with van der Waals surface area (Å²) in [6.07, 6.45) is 2.37. The lowest BCUT2D eigenvalue weighted by atomic mass is 10.1. The lowest BCUT2D eigenvalue weighted by Gasteiger charge is -2.29. The Morgan fingerprint density at radius 3 is 2.62 bits per heavy atom. The average molecular weight is 460 g/mol. The number of nitrogens with one attached hydrogen (secondary N) is 4. The molecule has 4 heterocycles. The van der Waals surface area contributed by atoms with Crippen molar-refractivity contribution >= 4 is 34.3 Å². The number of rotatable bonds is 8. The van der Waals surface area contributed by atoms with Gasteiger partial charge >= 0.3 is 0 Å². The Balaban J connectivity index is 1.44. The summed E-state index contributed by atoms with van der Waals surface area (Å²) in [5, 5.41) is 9.92. The molecule has 4 aromatic rings. The molecule has 0 unspecified atom stereocenters. The molecule has 34 heavy (non-hydrogen) atoms. The molecule has 1 fully saturated rings. The smallest absolute Gasteiger partial charge is 0.229 e. The Labute approximate surface area is 198 Å². The summed E-state index contributed by atoms with van der Waals surface area (Å²) in [7, 11) is 3.55. The predicted molar refractivity (Wildman–Crippen MR) is 135 cm³/mol. The van der Waals surface area contributed by atoms with Gasteiger partial charge in [0.15, 0.2) is 5.65 Å². The number of nitrogens with zero attached hydrogens (tertiary/aromatic N) is 5. The molecule has 0 aliphatic carbocycles. The summed E-state index contributed by atoms with van der Waals surface area (Å²) in [6.45, 7) is 4.67. The van der Waals surface area contributed by atoms with Crippen molar-refractivity contribution in [2.24, 2.45) is 0 Å². The van der Waals surface area contributed by atoms with Crippen LogP contribution < -0.4 is 20.9 Å². The van der Waals surface area contributed by atoms with E-state index in [9.17, 15) is 0 Å². The van der Waals surface area contributed by atoms with Gasteiger partial charge in [-0.3, -0.25) is 0 Å². The molecular weight excluding hydrogens is 430 g/mol. The van der Waals surface area contributed by atoms with Crippen molar-refractivity contribution < 1.29 is 4.74 Å². The van der Waals surface area contributed by atoms with Crippen LogP contribution in [-0.2, 0) is 11.2 Å². The number of H-pyrrole nitrogens is 1. The molecule has 176 valence electrons. The monoisotopic (exact) mass is 459 g/mol. The predicted octanol–water partition coefficient (Wildman–Crippen LogP) is 2.80. The molecule has 1 aliphatic heterocycles. The van der Waals surface area contributed by atoms with Gasteiger partial charge in [0.05, 0.1) is 12.9 Å². The van der Waals surface area contributed by atoms with Crippen LogP contribution in [0.15, 0.2) is 42.7 Å². The number of anilines is 4. The zero-order chi connectivity index (χ0) is 23.3. The standard InChI is InChI=1S/C24H29N9O/c1-25-22-19(8-5-17(29-22)9-14-34-2)20-21-23(28-15-27-21)32-24(31-20)30-16-3-6-18(7-4-16)33-12-10-26-11-13-33/h3-8,15,26H,9-14H2,1-2H3,(H,25,29)(H2,27,28,30,31,32). The first-order chi connectivity index (χ1) is 16.7. The first-order valence-electron chi connectivity index (χ1n) is 11.5. The number of piperazine rings is 1. The van der Waals surface area contributed by atoms with Gasteiger partial charge in [0.2, 0.25) is 5.95 Å². The van der Waals surface area contributed by atoms with Crippen LogP contribution in [0.1, 0.15) is 5.69 Å². The highest BCUT2D eigenvalue weighted by atomic mass is 16.5. The quantitative estimate of drug-likeness (QED) is 0.316. The maximum absolute atomic E-state index is 5.19. The number of pyridine rings is 1. The molecule has 1 saturated heterocycles. The van der Waals surface area contributed by atoms with Gasteiger partial charge in [0.25, 0.3) is 0 Å². The first kappa shape index (κ1) is 22.1. The third kappa shape index (κ3) is 4.63. The minimum absolute atomic E-state index is 0.482. The van der Waals surface area contributed by atoms with Gasteiger partial charge in [-0.2, -0.15) is 4.98 Å². The van der Waals surface area contributed by atoms with Crippen molar-refractivity contribution in [1.82, 2.24) is 30.2 Å². The highest BCUT2D eigenvalue weighted by Crippen LogP contribution is 2.31. The molecule has 0 bridgehead atoms. The average Bonchev–Trinajstić information content (AvgIpc) is 3.36. The molecule has 1 aliphatic rings. The number of imidazole rings is 1. The minimum atomic E-state index is 0.482. The van der Waals surface area contributed by atoms with Crippen LogP contribution in [0.4, 0.5) is 23.1 Å². The summed E-state index contributed by atoms with van der Waals surface area (Å²) in [5.74, 6) is 1.23. The number of aromatic amines is 1. The Bertz CT molecular complexity index is 1250. The number of ether oxygens (including phenoxy) is 1. The van der Waals surface area contributed by atoms with Crippen LogP contribution in [-0.4, -0.2) is 71.9 Å². The van der Waals surface area contributed by atoms with E-state index in [4.69, 9.17) is 14.7 Å². The SMILES string of the molecule is CNc1nc(CCOC)ccc1-c1nc(Nc2ccc(N3CCNCC3)cc2)nc2nc[nH]c12. The fraction of sp³-hybridized carbons (Fsp3) is 0.333. The zero-order valence-corrected chi connectivity index (χ0v) is 19.4. The Morgan fingerprint density at radius 1 is 1.03 bits per heavy atom. The second-order valence-electron chi connectivity index (χ2n) is 8.10. The van der Waals surface area contributed by atoms with Crippen molar-refractivity contribution in [3.8, 4) is 11.3 Å². The largest absolute Gasteiger partial charge is 0.384 e. The number of hydrogen-bond donors (Lipinski definition) is 4. The van der Waals surface area contributed by atoms with E-state index in [0.717, 1.165) is 66.6 Å². The third-order valence-corrected chi connectivity index (χ3v) is 5.90. The lowest BCUT2D eigenvalue weighted by molar-refractivity contribution is 0.201. The molecule has 5 rings (SSSR count). The van der Waals surface area contributed by atoms with Gasteiger partial charge in [-0.15, -0.1) is 0 Å². The normalized spacial score (nSPS) is 13.9. The van der Waals surface area contributed by atoms with Gasteiger partial charge in [0.1, 0.15) is 17.0 Å². The van der Waals surface area contributed by atoms with Crippen LogP contribution in [0.2, 0.25) is 0 Å². The van der Waals surface area contributed by atoms with E-state index < -0.39 is 0 Å². The zero-order valence-electron chi connectivity index (χ0n) is 19.4. The summed E-state index contributed by atoms with van der Waals surface area (Å²) in [4.78, 5) is 24.1. The van der Waals surface area contributed by atoms with Crippen LogP contribution >= 0.6 is 0 Å². The molecule has 0 radical (unpaired) electrons. The van der Waals surface area contributed by atoms with Crippen LogP contribution in [0.3, 0.4) is 0 Å². The van der Waals surface area contributed by atoms with Crippen molar-refractivity contribution in [2.75, 3.05) is 62.5 Å². The molecule has 10 heteroatoms. The fourth-order valence-corrected chi connectivity index (χ4v) is 4.12. The number of aromatic nitrogens is 5. The van der Waals surface area contributed by atoms with Crippen molar-refractivity contribution in [3.05, 3.63) is 48.4 Å². The van der Waals surface area contributed by atoms with E-state index in [1.54, 1.807) is 13.4 Å². The second-order valence-corrected chi connectivity index (χ2v) is 8.10. The van der Waals surface area contributed by atoms with E-state index in [0.29, 0.717) is 18.2 Å². The van der Waals surface area contributed by atoms with Crippen molar-refractivity contribution in [1.29, 1.82) is 0 Å². The first-order valence-corrected chi connectivity index (χ1v) is 11.5. The summed E-state index contributed by atoms with van der Waals surface area (Å²) < 4.78 is 5.19.